The molecule has 9 heteroatoms. The Hall–Kier alpha value is -2.97. The summed E-state index contributed by atoms with van der Waals surface area (Å²) in [5.41, 5.74) is 1.62. The summed E-state index contributed by atoms with van der Waals surface area (Å²) < 4.78 is 11.5. The van der Waals surface area contributed by atoms with E-state index in [4.69, 9.17) is 26.1 Å². The van der Waals surface area contributed by atoms with Crippen LogP contribution in [0.25, 0.3) is 6.08 Å². The summed E-state index contributed by atoms with van der Waals surface area (Å²) in [5, 5.41) is 10.4. The number of benzene rings is 2. The molecule has 3 fully saturated rings. The lowest BCUT2D eigenvalue weighted by atomic mass is 9.94. The van der Waals surface area contributed by atoms with Crippen molar-refractivity contribution < 1.29 is 24.2 Å². The number of hydrogen-bond acceptors (Lipinski definition) is 6. The van der Waals surface area contributed by atoms with Crippen LogP contribution in [0.5, 0.6) is 11.5 Å². The lowest BCUT2D eigenvalue weighted by Gasteiger charge is -2.31. The molecule has 0 radical (unpaired) electrons. The Labute approximate surface area is 244 Å². The number of nitrogens with zero attached hydrogens (tertiary/aromatic N) is 2. The first-order valence-electron chi connectivity index (χ1n) is 14.1. The monoisotopic (exact) mass is 582 g/mol. The van der Waals surface area contributed by atoms with Crippen molar-refractivity contribution in [3.63, 3.8) is 0 Å². The predicted octanol–water partition coefficient (Wildman–Crippen LogP) is 7.56. The molecular formula is C31H35ClN2O5S. The van der Waals surface area contributed by atoms with E-state index in [1.54, 1.807) is 30.3 Å². The van der Waals surface area contributed by atoms with Crippen LogP contribution in [0.2, 0.25) is 5.02 Å². The number of thioether (sulfide) groups is 1. The van der Waals surface area contributed by atoms with Crippen LogP contribution >= 0.6 is 23.4 Å². The van der Waals surface area contributed by atoms with Gasteiger partial charge in [-0.25, -0.2) is 4.79 Å². The highest BCUT2D eigenvalue weighted by molar-refractivity contribution is 8.18. The van der Waals surface area contributed by atoms with E-state index in [9.17, 15) is 14.7 Å². The Balaban J connectivity index is 1.39. The second kappa shape index (κ2) is 13.1. The van der Waals surface area contributed by atoms with Crippen molar-refractivity contribution in [2.75, 3.05) is 7.11 Å². The first-order valence-corrected chi connectivity index (χ1v) is 15.3. The fourth-order valence-corrected chi connectivity index (χ4v) is 7.05. The quantitative estimate of drug-likeness (QED) is 0.323. The number of hydrogen-bond donors (Lipinski definition) is 1. The van der Waals surface area contributed by atoms with E-state index >= 15 is 0 Å². The molecule has 1 amide bonds. The summed E-state index contributed by atoms with van der Waals surface area (Å²) in [6.45, 7) is 0.128. The minimum atomic E-state index is -0.997. The molecule has 1 heterocycles. The summed E-state index contributed by atoms with van der Waals surface area (Å²) in [7, 11) is 1.54. The maximum absolute atomic E-state index is 13.7. The van der Waals surface area contributed by atoms with E-state index in [1.807, 2.05) is 11.0 Å². The SMILES string of the molecule is COc1cc(C=C2SC(=NC3CCCCC3)N(C3CCCCC3)C2=O)cc(Cl)c1OCc1cccc(C(=O)O)c1. The molecule has 2 saturated carbocycles. The van der Waals surface area contributed by atoms with Gasteiger partial charge < -0.3 is 14.6 Å². The minimum Gasteiger partial charge on any atom is -0.493 e. The lowest BCUT2D eigenvalue weighted by molar-refractivity contribution is -0.124. The van der Waals surface area contributed by atoms with Gasteiger partial charge in [0.2, 0.25) is 0 Å². The molecule has 5 rings (SSSR count). The van der Waals surface area contributed by atoms with Crippen LogP contribution in [-0.2, 0) is 11.4 Å². The summed E-state index contributed by atoms with van der Waals surface area (Å²) in [4.78, 5) is 32.7. The van der Waals surface area contributed by atoms with Gasteiger partial charge in [0, 0.05) is 6.04 Å². The molecule has 40 heavy (non-hydrogen) atoms. The van der Waals surface area contributed by atoms with Crippen LogP contribution < -0.4 is 9.47 Å². The number of amidine groups is 1. The molecule has 0 atom stereocenters. The van der Waals surface area contributed by atoms with Gasteiger partial charge in [-0.1, -0.05) is 62.3 Å². The number of ether oxygens (including phenoxy) is 2. The molecule has 0 spiro atoms. The van der Waals surface area contributed by atoms with Gasteiger partial charge in [0.05, 0.1) is 28.6 Å². The van der Waals surface area contributed by atoms with E-state index in [-0.39, 0.29) is 30.2 Å². The van der Waals surface area contributed by atoms with Gasteiger partial charge >= 0.3 is 5.97 Å². The van der Waals surface area contributed by atoms with Crippen LogP contribution in [0.15, 0.2) is 46.3 Å². The zero-order chi connectivity index (χ0) is 28.1. The van der Waals surface area contributed by atoms with Crippen molar-refractivity contribution in [2.24, 2.45) is 4.99 Å². The highest BCUT2D eigenvalue weighted by Crippen LogP contribution is 2.41. The largest absolute Gasteiger partial charge is 0.493 e. The second-order valence-electron chi connectivity index (χ2n) is 10.6. The van der Waals surface area contributed by atoms with Gasteiger partial charge in [-0.15, -0.1) is 0 Å². The normalized spacial score (nSPS) is 20.9. The van der Waals surface area contributed by atoms with Crippen LogP contribution in [-0.4, -0.2) is 46.2 Å². The van der Waals surface area contributed by atoms with E-state index in [1.165, 1.54) is 50.6 Å². The number of carboxylic acids is 1. The molecule has 3 aliphatic rings. The van der Waals surface area contributed by atoms with Gasteiger partial charge in [0.15, 0.2) is 16.7 Å². The molecule has 2 aromatic carbocycles. The van der Waals surface area contributed by atoms with Crippen molar-refractivity contribution in [1.29, 1.82) is 0 Å². The summed E-state index contributed by atoms with van der Waals surface area (Å²) >= 11 is 8.10. The maximum Gasteiger partial charge on any atom is 0.335 e. The van der Waals surface area contributed by atoms with Crippen molar-refractivity contribution >= 4 is 46.5 Å². The van der Waals surface area contributed by atoms with E-state index in [2.05, 4.69) is 0 Å². The molecule has 212 valence electrons. The number of halogens is 1. The van der Waals surface area contributed by atoms with Gasteiger partial charge in [-0.3, -0.25) is 14.7 Å². The summed E-state index contributed by atoms with van der Waals surface area (Å²) in [6.07, 6.45) is 13.2. The van der Waals surface area contributed by atoms with E-state index in [0.717, 1.165) is 49.3 Å². The van der Waals surface area contributed by atoms with Gasteiger partial charge in [0.25, 0.3) is 5.91 Å². The molecular weight excluding hydrogens is 548 g/mol. The molecule has 1 aliphatic heterocycles. The Morgan fingerprint density at radius 1 is 1.10 bits per heavy atom. The third-order valence-electron chi connectivity index (χ3n) is 7.75. The number of carboxylic acid groups (broad SMARTS) is 1. The number of amides is 1. The minimum absolute atomic E-state index is 0.0141. The number of carbonyl (C=O) groups is 2. The Morgan fingerprint density at radius 3 is 2.52 bits per heavy atom. The van der Waals surface area contributed by atoms with Crippen LogP contribution in [0, 0.1) is 0 Å². The topological polar surface area (TPSA) is 88.4 Å². The third-order valence-corrected chi connectivity index (χ3v) is 9.03. The lowest BCUT2D eigenvalue weighted by Crippen LogP contribution is -2.41. The van der Waals surface area contributed by atoms with Crippen LogP contribution in [0.3, 0.4) is 0 Å². The van der Waals surface area contributed by atoms with E-state index in [0.29, 0.717) is 27.0 Å². The number of aromatic carboxylic acids is 1. The van der Waals surface area contributed by atoms with Gasteiger partial charge in [-0.05, 0) is 78.9 Å². The molecule has 0 bridgehead atoms. The number of rotatable bonds is 8. The smallest absolute Gasteiger partial charge is 0.335 e. The molecule has 2 aliphatic carbocycles. The highest BCUT2D eigenvalue weighted by atomic mass is 35.5. The van der Waals surface area contributed by atoms with Crippen LogP contribution in [0.1, 0.15) is 85.7 Å². The zero-order valence-electron chi connectivity index (χ0n) is 22.7. The Morgan fingerprint density at radius 2 is 1.82 bits per heavy atom. The predicted molar refractivity (Wildman–Crippen MR) is 159 cm³/mol. The van der Waals surface area contributed by atoms with Gasteiger partial charge in [-0.2, -0.15) is 0 Å². The molecule has 0 unspecified atom stereocenters. The average Bonchev–Trinajstić information content (AvgIpc) is 3.27. The Bertz CT molecular complexity index is 1310. The second-order valence-corrected chi connectivity index (χ2v) is 12.0. The highest BCUT2D eigenvalue weighted by Gasteiger charge is 2.39. The third kappa shape index (κ3) is 6.66. The number of carbonyl (C=O) groups excluding carboxylic acids is 1. The van der Waals surface area contributed by atoms with Crippen molar-refractivity contribution in [2.45, 2.75) is 82.9 Å². The summed E-state index contributed by atoms with van der Waals surface area (Å²) in [5.74, 6) is -0.186. The van der Waals surface area contributed by atoms with E-state index < -0.39 is 5.97 Å². The number of methoxy groups -OCH3 is 1. The first-order chi connectivity index (χ1) is 19.4. The molecule has 1 N–H and O–H groups in total. The first kappa shape index (κ1) is 28.6. The molecule has 7 nitrogen and oxygen atoms in total. The zero-order valence-corrected chi connectivity index (χ0v) is 24.3. The van der Waals surface area contributed by atoms with Crippen LogP contribution in [0.4, 0.5) is 0 Å². The fraction of sp³-hybridized carbons (Fsp3) is 0.452. The van der Waals surface area contributed by atoms with Crippen molar-refractivity contribution in [3.8, 4) is 11.5 Å². The Kier molecular flexibility index (Phi) is 9.37. The van der Waals surface area contributed by atoms with Gasteiger partial charge in [0.1, 0.15) is 6.61 Å². The average molecular weight is 583 g/mol. The summed E-state index contributed by atoms with van der Waals surface area (Å²) in [6, 6.07) is 10.6. The molecule has 1 saturated heterocycles. The maximum atomic E-state index is 13.7. The standard InChI is InChI=1S/C31H35ClN2O5S/c1-38-26-17-21(16-25(32)28(26)39-19-20-9-8-10-22(15-20)30(36)37)18-27-29(35)34(24-13-6-3-7-14-24)31(40-27)33-23-11-4-2-5-12-23/h8-10,15-18,23-24H,2-7,11-14,19H2,1H3,(H,36,37). The van der Waals surface area contributed by atoms with Crippen molar-refractivity contribution in [1.82, 2.24) is 4.90 Å². The molecule has 2 aromatic rings. The van der Waals surface area contributed by atoms with Crippen molar-refractivity contribution in [3.05, 3.63) is 63.0 Å². The fourth-order valence-electron chi connectivity index (χ4n) is 5.67. The number of aliphatic imine (C=N–C) groups is 1. The molecule has 0 aromatic heterocycles.